The normalized spacial score (nSPS) is 17.7. The summed E-state index contributed by atoms with van der Waals surface area (Å²) in [5.74, 6) is 0. The van der Waals surface area contributed by atoms with Gasteiger partial charge in [-0.2, -0.15) is 0 Å². The minimum Gasteiger partial charge on any atom is -0.260 e. The van der Waals surface area contributed by atoms with Gasteiger partial charge in [0.15, 0.2) is 6.20 Å². The minimum atomic E-state index is 0.0361. The molecule has 5 rings (SSSR count). The summed E-state index contributed by atoms with van der Waals surface area (Å²) >= 11 is 0. The zero-order chi connectivity index (χ0) is 19.1. The van der Waals surface area contributed by atoms with Gasteiger partial charge in [-0.15, -0.1) is 0 Å². The second kappa shape index (κ2) is 5.07. The van der Waals surface area contributed by atoms with E-state index in [4.69, 9.17) is 0 Å². The number of rotatable bonds is 0. The van der Waals surface area contributed by atoms with Gasteiger partial charge in [-0.25, -0.2) is 4.57 Å². The molecule has 1 aromatic carbocycles. The Morgan fingerprint density at radius 3 is 2.48 bits per heavy atom. The van der Waals surface area contributed by atoms with Crippen LogP contribution in [0.5, 0.6) is 0 Å². The molecule has 2 heterocycles. The molecule has 136 valence electrons. The van der Waals surface area contributed by atoms with Crippen LogP contribution in [0.15, 0.2) is 42.7 Å². The first-order valence-electron chi connectivity index (χ1n) is 9.86. The van der Waals surface area contributed by atoms with E-state index in [-0.39, 0.29) is 10.8 Å². The zero-order valence-corrected chi connectivity index (χ0v) is 17.1. The number of nitrogens with zero attached hydrogens (tertiary/aromatic N) is 2. The van der Waals surface area contributed by atoms with Crippen molar-refractivity contribution in [1.29, 1.82) is 0 Å². The lowest BCUT2D eigenvalue weighted by molar-refractivity contribution is -0.661. The summed E-state index contributed by atoms with van der Waals surface area (Å²) in [6, 6.07) is 11.3. The van der Waals surface area contributed by atoms with Gasteiger partial charge in [0.2, 0.25) is 5.69 Å². The largest absolute Gasteiger partial charge is 0.260 e. The molecular formula is C25H27N2+. The molecule has 0 spiro atoms. The Labute approximate surface area is 161 Å². The van der Waals surface area contributed by atoms with Crippen molar-refractivity contribution in [3.63, 3.8) is 0 Å². The van der Waals surface area contributed by atoms with Crippen molar-refractivity contribution in [2.75, 3.05) is 0 Å². The smallest absolute Gasteiger partial charge is 0.216 e. The maximum absolute atomic E-state index is 4.66. The Bertz CT molecular complexity index is 1120. The highest BCUT2D eigenvalue weighted by Crippen LogP contribution is 2.55. The van der Waals surface area contributed by atoms with Crippen LogP contribution in [-0.2, 0) is 24.3 Å². The molecule has 27 heavy (non-hydrogen) atoms. The third-order valence-corrected chi connectivity index (χ3v) is 7.56. The number of hydrogen-bond acceptors (Lipinski definition) is 1. The summed E-state index contributed by atoms with van der Waals surface area (Å²) in [5, 5.41) is 0. The summed E-state index contributed by atoms with van der Waals surface area (Å²) in [6.45, 7) is 11.9. The first kappa shape index (κ1) is 16.7. The van der Waals surface area contributed by atoms with E-state index < -0.39 is 0 Å². The molecule has 0 unspecified atom stereocenters. The van der Waals surface area contributed by atoms with Gasteiger partial charge in [-0.1, -0.05) is 33.8 Å². The van der Waals surface area contributed by atoms with Crippen LogP contribution in [0.1, 0.15) is 55.6 Å². The van der Waals surface area contributed by atoms with Gasteiger partial charge in [-0.05, 0) is 52.8 Å². The lowest BCUT2D eigenvalue weighted by Crippen LogP contribution is -2.48. The second-order valence-electron chi connectivity index (χ2n) is 9.26. The molecule has 3 aromatic rings. The van der Waals surface area contributed by atoms with Crippen LogP contribution >= 0.6 is 0 Å². The summed E-state index contributed by atoms with van der Waals surface area (Å²) in [7, 11) is 2.18. The van der Waals surface area contributed by atoms with Gasteiger partial charge in [0.05, 0.1) is 11.3 Å². The molecule has 2 aromatic heterocycles. The lowest BCUT2D eigenvalue weighted by atomic mass is 9.55. The van der Waals surface area contributed by atoms with E-state index in [2.05, 4.69) is 87.7 Å². The van der Waals surface area contributed by atoms with Crippen LogP contribution in [0.4, 0.5) is 0 Å². The van der Waals surface area contributed by atoms with Crippen molar-refractivity contribution in [3.05, 3.63) is 70.7 Å². The first-order chi connectivity index (χ1) is 12.7. The average Bonchev–Trinajstić information content (AvgIpc) is 3.00. The Morgan fingerprint density at radius 1 is 0.963 bits per heavy atom. The Kier molecular flexibility index (Phi) is 3.13. The lowest BCUT2D eigenvalue weighted by Gasteiger charge is -2.47. The summed E-state index contributed by atoms with van der Waals surface area (Å²) in [6.07, 6.45) is 5.04. The van der Waals surface area contributed by atoms with Gasteiger partial charge >= 0.3 is 0 Å². The third kappa shape index (κ3) is 1.91. The van der Waals surface area contributed by atoms with E-state index in [9.17, 15) is 0 Å². The second-order valence-corrected chi connectivity index (χ2v) is 9.26. The van der Waals surface area contributed by atoms with Crippen LogP contribution in [0.3, 0.4) is 0 Å². The molecule has 0 saturated carbocycles. The number of pyridine rings is 2. The van der Waals surface area contributed by atoms with Crippen molar-refractivity contribution in [2.45, 2.75) is 51.9 Å². The monoisotopic (exact) mass is 355 g/mol. The molecule has 0 radical (unpaired) electrons. The van der Waals surface area contributed by atoms with Gasteiger partial charge in [0.25, 0.3) is 0 Å². The molecular weight excluding hydrogens is 328 g/mol. The Balaban J connectivity index is 1.93. The number of hydrogen-bond donors (Lipinski definition) is 0. The van der Waals surface area contributed by atoms with Gasteiger partial charge in [0, 0.05) is 35.2 Å². The highest BCUT2D eigenvalue weighted by molar-refractivity contribution is 5.85. The third-order valence-electron chi connectivity index (χ3n) is 7.56. The first-order valence-corrected chi connectivity index (χ1v) is 9.86. The molecule has 2 aliphatic carbocycles. The molecule has 0 saturated heterocycles. The SMILES string of the molecule is Cc1c2c(cc3c1-c1c(ccc[n+]1C)C(C)(C)C3(C)C)-c1cccnc1C2. The predicted octanol–water partition coefficient (Wildman–Crippen LogP) is 5.02. The molecule has 0 amide bonds. The van der Waals surface area contributed by atoms with Gasteiger partial charge < -0.3 is 0 Å². The van der Waals surface area contributed by atoms with E-state index in [1.54, 1.807) is 0 Å². The standard InChI is InChI=1S/C25H27N2/c1-15-17-14-21-16(9-7-11-26-21)18(17)13-20-22(15)23-19(10-8-12-27(23)6)24(2,3)25(20,4)5/h7-13H,14H2,1-6H3/q+1. The van der Waals surface area contributed by atoms with E-state index >= 15 is 0 Å². The summed E-state index contributed by atoms with van der Waals surface area (Å²) < 4.78 is 2.31. The van der Waals surface area contributed by atoms with E-state index in [0.717, 1.165) is 6.42 Å². The van der Waals surface area contributed by atoms with Crippen LogP contribution in [0, 0.1) is 6.92 Å². The molecule has 0 atom stereocenters. The quantitative estimate of drug-likeness (QED) is 0.405. The Morgan fingerprint density at radius 2 is 1.70 bits per heavy atom. The number of aryl methyl sites for hydroxylation is 1. The van der Waals surface area contributed by atoms with Crippen LogP contribution < -0.4 is 4.57 Å². The molecule has 2 aliphatic rings. The highest BCUT2D eigenvalue weighted by Gasteiger charge is 2.50. The molecule has 0 bridgehead atoms. The maximum Gasteiger partial charge on any atom is 0.216 e. The highest BCUT2D eigenvalue weighted by atomic mass is 14.9. The van der Waals surface area contributed by atoms with Crippen molar-refractivity contribution in [2.24, 2.45) is 7.05 Å². The molecule has 0 aliphatic heterocycles. The number of benzene rings is 1. The average molecular weight is 356 g/mol. The van der Waals surface area contributed by atoms with E-state index in [0.29, 0.717) is 0 Å². The van der Waals surface area contributed by atoms with Crippen molar-refractivity contribution in [3.8, 4) is 22.4 Å². The van der Waals surface area contributed by atoms with Crippen molar-refractivity contribution in [1.82, 2.24) is 4.98 Å². The maximum atomic E-state index is 4.66. The predicted molar refractivity (Wildman–Crippen MR) is 110 cm³/mol. The number of fused-ring (bicyclic) bond motifs is 6. The molecule has 2 heteroatoms. The van der Waals surface area contributed by atoms with Crippen LogP contribution in [0.2, 0.25) is 0 Å². The van der Waals surface area contributed by atoms with Crippen LogP contribution in [0.25, 0.3) is 22.4 Å². The zero-order valence-electron chi connectivity index (χ0n) is 17.1. The Hall–Kier alpha value is -2.48. The van der Waals surface area contributed by atoms with E-state index in [1.807, 2.05) is 6.20 Å². The van der Waals surface area contributed by atoms with Gasteiger partial charge in [-0.3, -0.25) is 4.98 Å². The molecule has 0 N–H and O–H groups in total. The van der Waals surface area contributed by atoms with E-state index in [1.165, 1.54) is 50.3 Å². The van der Waals surface area contributed by atoms with Crippen molar-refractivity contribution < 1.29 is 4.57 Å². The minimum absolute atomic E-state index is 0.0361. The summed E-state index contributed by atoms with van der Waals surface area (Å²) in [4.78, 5) is 4.66. The van der Waals surface area contributed by atoms with Crippen molar-refractivity contribution >= 4 is 0 Å². The molecule has 0 fully saturated rings. The topological polar surface area (TPSA) is 16.8 Å². The number of aromatic nitrogens is 2. The fraction of sp³-hybridized carbons (Fsp3) is 0.360. The summed E-state index contributed by atoms with van der Waals surface area (Å²) in [5.41, 5.74) is 12.6. The molecule has 2 nitrogen and oxygen atoms in total. The fourth-order valence-electron chi connectivity index (χ4n) is 5.22. The van der Waals surface area contributed by atoms with Crippen LogP contribution in [-0.4, -0.2) is 4.98 Å². The van der Waals surface area contributed by atoms with Gasteiger partial charge in [0.1, 0.15) is 7.05 Å². The fourth-order valence-corrected chi connectivity index (χ4v) is 5.22.